The van der Waals surface area contributed by atoms with Crippen LogP contribution in [0.3, 0.4) is 0 Å². The summed E-state index contributed by atoms with van der Waals surface area (Å²) in [6, 6.07) is 13.4. The van der Waals surface area contributed by atoms with E-state index in [1.165, 1.54) is 5.56 Å². The number of nitriles is 1. The zero-order valence-electron chi connectivity index (χ0n) is 10.5. The van der Waals surface area contributed by atoms with Crippen molar-refractivity contribution < 1.29 is 4.48 Å². The van der Waals surface area contributed by atoms with Gasteiger partial charge in [0.05, 0.1) is 13.6 Å². The Labute approximate surface area is 103 Å². The Morgan fingerprint density at radius 2 is 2.06 bits per heavy atom. The van der Waals surface area contributed by atoms with Gasteiger partial charge in [0.25, 0.3) is 0 Å². The summed E-state index contributed by atoms with van der Waals surface area (Å²) in [6.45, 7) is 6.90. The molecular weight excluding hydrogens is 208 g/mol. The van der Waals surface area contributed by atoms with Crippen LogP contribution in [-0.4, -0.2) is 30.2 Å². The van der Waals surface area contributed by atoms with Gasteiger partial charge in [-0.15, -0.1) is 0 Å². The maximum atomic E-state index is 9.40. The lowest BCUT2D eigenvalue weighted by Gasteiger charge is -2.57. The lowest BCUT2D eigenvalue weighted by Crippen LogP contribution is -2.72. The molecule has 0 aliphatic carbocycles. The molecule has 4 atom stereocenters. The largest absolute Gasteiger partial charge is 0.305 e. The van der Waals surface area contributed by atoms with E-state index in [0.717, 1.165) is 11.0 Å². The maximum absolute atomic E-state index is 9.40. The Bertz CT molecular complexity index is 446. The summed E-state index contributed by atoms with van der Waals surface area (Å²) in [4.78, 5) is 0. The molecule has 1 heterocycles. The van der Waals surface area contributed by atoms with Crippen molar-refractivity contribution in [3.05, 3.63) is 48.6 Å². The third-order valence-electron chi connectivity index (χ3n) is 4.26. The lowest BCUT2D eigenvalue weighted by molar-refractivity contribution is -0.987. The zero-order chi connectivity index (χ0) is 12.5. The van der Waals surface area contributed by atoms with Crippen molar-refractivity contribution in [2.45, 2.75) is 24.9 Å². The van der Waals surface area contributed by atoms with Gasteiger partial charge in [0.2, 0.25) is 0 Å². The molecule has 0 radical (unpaired) electrons. The third-order valence-corrected chi connectivity index (χ3v) is 4.26. The predicted octanol–water partition coefficient (Wildman–Crippen LogP) is 2.70. The maximum Gasteiger partial charge on any atom is 0.189 e. The molecule has 1 aromatic rings. The van der Waals surface area contributed by atoms with Crippen molar-refractivity contribution in [2.24, 2.45) is 0 Å². The molecule has 2 rings (SSSR count). The Morgan fingerprint density at radius 1 is 1.41 bits per heavy atom. The van der Waals surface area contributed by atoms with Gasteiger partial charge in [-0.05, 0) is 18.6 Å². The van der Waals surface area contributed by atoms with Gasteiger partial charge in [-0.2, -0.15) is 5.26 Å². The molecule has 1 aliphatic rings. The molecule has 17 heavy (non-hydrogen) atoms. The Balaban J connectivity index is 2.29. The van der Waals surface area contributed by atoms with Gasteiger partial charge in [0.1, 0.15) is 18.0 Å². The van der Waals surface area contributed by atoms with Crippen LogP contribution in [0.4, 0.5) is 0 Å². The van der Waals surface area contributed by atoms with Crippen molar-refractivity contribution in [1.29, 1.82) is 5.26 Å². The second kappa shape index (κ2) is 4.35. The smallest absolute Gasteiger partial charge is 0.189 e. The van der Waals surface area contributed by atoms with E-state index in [9.17, 15) is 5.26 Å². The van der Waals surface area contributed by atoms with Crippen LogP contribution in [0.1, 0.15) is 18.4 Å². The number of likely N-dealkylation sites (tertiary alicyclic amines) is 1. The number of benzene rings is 1. The van der Waals surface area contributed by atoms with Gasteiger partial charge in [-0.25, -0.2) is 0 Å². The lowest BCUT2D eigenvalue weighted by atomic mass is 9.74. The van der Waals surface area contributed by atoms with Crippen LogP contribution in [0.2, 0.25) is 0 Å². The first-order valence-corrected chi connectivity index (χ1v) is 6.05. The summed E-state index contributed by atoms with van der Waals surface area (Å²) in [5.74, 6) is 0.353. The molecule has 2 heteroatoms. The van der Waals surface area contributed by atoms with Crippen molar-refractivity contribution in [2.75, 3.05) is 13.6 Å². The van der Waals surface area contributed by atoms with Crippen molar-refractivity contribution >= 4 is 0 Å². The molecule has 0 saturated carbocycles. The first kappa shape index (κ1) is 11.9. The van der Waals surface area contributed by atoms with Crippen LogP contribution in [0, 0.1) is 11.3 Å². The minimum Gasteiger partial charge on any atom is -0.305 e. The minimum absolute atomic E-state index is 0.0467. The summed E-state index contributed by atoms with van der Waals surface area (Å²) in [6.07, 6.45) is 1.92. The summed E-state index contributed by atoms with van der Waals surface area (Å²) < 4.78 is 0.791. The van der Waals surface area contributed by atoms with Gasteiger partial charge in [0, 0.05) is 0 Å². The highest BCUT2D eigenvalue weighted by molar-refractivity contribution is 5.27. The molecule has 0 aromatic heterocycles. The van der Waals surface area contributed by atoms with Gasteiger partial charge in [-0.3, -0.25) is 0 Å². The molecule has 0 N–H and O–H groups in total. The average Bonchev–Trinajstić information content (AvgIpc) is 2.36. The molecule has 0 amide bonds. The zero-order valence-corrected chi connectivity index (χ0v) is 10.5. The highest BCUT2D eigenvalue weighted by atomic mass is 15.4. The topological polar surface area (TPSA) is 23.8 Å². The number of hydrogen-bond acceptors (Lipinski definition) is 1. The monoisotopic (exact) mass is 227 g/mol. The fourth-order valence-electron chi connectivity index (χ4n) is 3.06. The molecular formula is C15H19N2+. The molecule has 0 spiro atoms. The quantitative estimate of drug-likeness (QED) is 0.575. The molecule has 0 bridgehead atoms. The van der Waals surface area contributed by atoms with E-state index in [-0.39, 0.29) is 6.04 Å². The Morgan fingerprint density at radius 3 is 2.59 bits per heavy atom. The average molecular weight is 227 g/mol. The fourth-order valence-corrected chi connectivity index (χ4v) is 3.06. The highest BCUT2D eigenvalue weighted by Gasteiger charge is 2.58. The number of likely N-dealkylation sites (N-methyl/N-ethyl adjacent to an activating group) is 1. The molecule has 2 nitrogen and oxygen atoms in total. The SMILES string of the molecule is C=CC[N@@+]1(C)[C@H](C#N)[C@@H](c2ccccc2)[C@@H]1C. The van der Waals surface area contributed by atoms with Crippen molar-refractivity contribution in [1.82, 2.24) is 0 Å². The molecule has 1 saturated heterocycles. The second-order valence-corrected chi connectivity index (χ2v) is 5.07. The normalized spacial score (nSPS) is 35.7. The van der Waals surface area contributed by atoms with Crippen LogP contribution >= 0.6 is 0 Å². The van der Waals surface area contributed by atoms with Crippen molar-refractivity contribution in [3.8, 4) is 6.07 Å². The number of quaternary nitrogens is 1. The fraction of sp³-hybridized carbons (Fsp3) is 0.400. The first-order chi connectivity index (χ1) is 8.15. The minimum atomic E-state index is 0.0467. The van der Waals surface area contributed by atoms with E-state index in [0.29, 0.717) is 12.0 Å². The van der Waals surface area contributed by atoms with Crippen molar-refractivity contribution in [3.63, 3.8) is 0 Å². The van der Waals surface area contributed by atoms with Gasteiger partial charge >= 0.3 is 0 Å². The van der Waals surface area contributed by atoms with Crippen LogP contribution in [-0.2, 0) is 0 Å². The summed E-state index contributed by atoms with van der Waals surface area (Å²) >= 11 is 0. The van der Waals surface area contributed by atoms with E-state index < -0.39 is 0 Å². The second-order valence-electron chi connectivity index (χ2n) is 5.07. The van der Waals surface area contributed by atoms with Gasteiger partial charge in [0.15, 0.2) is 6.04 Å². The van der Waals surface area contributed by atoms with E-state index in [1.54, 1.807) is 0 Å². The molecule has 1 aromatic carbocycles. The molecule has 1 aliphatic heterocycles. The van der Waals surface area contributed by atoms with Crippen LogP contribution in [0.25, 0.3) is 0 Å². The Hall–Kier alpha value is -1.59. The molecule has 0 unspecified atom stereocenters. The van der Waals surface area contributed by atoms with E-state index in [4.69, 9.17) is 0 Å². The van der Waals surface area contributed by atoms with Crippen LogP contribution < -0.4 is 0 Å². The van der Waals surface area contributed by atoms with Crippen LogP contribution in [0.5, 0.6) is 0 Å². The number of hydrogen-bond donors (Lipinski definition) is 0. The summed E-state index contributed by atoms with van der Waals surface area (Å²) in [5, 5.41) is 9.40. The molecule has 88 valence electrons. The summed E-state index contributed by atoms with van der Waals surface area (Å²) in [7, 11) is 2.15. The van der Waals surface area contributed by atoms with E-state index >= 15 is 0 Å². The Kier molecular flexibility index (Phi) is 3.04. The van der Waals surface area contributed by atoms with Crippen LogP contribution in [0.15, 0.2) is 43.0 Å². The highest BCUT2D eigenvalue weighted by Crippen LogP contribution is 2.45. The molecule has 1 fully saturated rings. The first-order valence-electron chi connectivity index (χ1n) is 6.05. The van der Waals surface area contributed by atoms with Gasteiger partial charge < -0.3 is 4.48 Å². The summed E-state index contributed by atoms with van der Waals surface area (Å²) in [5.41, 5.74) is 1.28. The third kappa shape index (κ3) is 1.67. The van der Waals surface area contributed by atoms with Gasteiger partial charge in [-0.1, -0.05) is 36.9 Å². The predicted molar refractivity (Wildman–Crippen MR) is 69.3 cm³/mol. The standard InChI is InChI=1S/C15H19N2/c1-4-10-17(3)12(2)15(14(17)11-16)13-8-6-5-7-9-13/h4-9,12,14-15H,1,10H2,2-3H3/q+1/t12-,14+,15+,17+/m0/s1. The van der Waals surface area contributed by atoms with E-state index in [1.807, 2.05) is 24.3 Å². The number of nitrogens with zero attached hydrogens (tertiary/aromatic N) is 2. The number of rotatable bonds is 3. The van der Waals surface area contributed by atoms with E-state index in [2.05, 4.69) is 38.8 Å².